The highest BCUT2D eigenvalue weighted by Gasteiger charge is 2.08. The largest absolute Gasteiger partial charge is 0.364 e. The molecule has 3 aromatic rings. The number of alkyl halides is 2. The SMILES string of the molecule is Fc1cccnc1-n1ccc(NCc2cnn(CC(F)F)c2)n1. The fraction of sp³-hybridized carbons (Fsp3) is 0.214. The van der Waals surface area contributed by atoms with E-state index in [-0.39, 0.29) is 5.82 Å². The molecule has 0 unspecified atom stereocenters. The molecule has 120 valence electrons. The smallest absolute Gasteiger partial charge is 0.257 e. The Kier molecular flexibility index (Phi) is 4.26. The lowest BCUT2D eigenvalue weighted by Crippen LogP contribution is -2.06. The van der Waals surface area contributed by atoms with Crippen molar-refractivity contribution in [1.29, 1.82) is 0 Å². The summed E-state index contributed by atoms with van der Waals surface area (Å²) in [5.74, 6) is 0.136. The Balaban J connectivity index is 1.63. The van der Waals surface area contributed by atoms with E-state index in [1.54, 1.807) is 12.3 Å². The van der Waals surface area contributed by atoms with Gasteiger partial charge in [-0.2, -0.15) is 5.10 Å². The van der Waals surface area contributed by atoms with Crippen molar-refractivity contribution in [2.24, 2.45) is 0 Å². The molecule has 6 nitrogen and oxygen atoms in total. The predicted molar refractivity (Wildman–Crippen MR) is 76.9 cm³/mol. The Labute approximate surface area is 129 Å². The van der Waals surface area contributed by atoms with Crippen molar-refractivity contribution in [3.63, 3.8) is 0 Å². The summed E-state index contributed by atoms with van der Waals surface area (Å²) < 4.78 is 40.6. The predicted octanol–water partition coefficient (Wildman–Crippen LogP) is 2.48. The van der Waals surface area contributed by atoms with Crippen LogP contribution in [0.5, 0.6) is 0 Å². The highest BCUT2D eigenvalue weighted by atomic mass is 19.3. The fourth-order valence-corrected chi connectivity index (χ4v) is 2.01. The second-order valence-electron chi connectivity index (χ2n) is 4.77. The molecular weight excluding hydrogens is 309 g/mol. The van der Waals surface area contributed by atoms with Crippen molar-refractivity contribution < 1.29 is 13.2 Å². The molecule has 0 aliphatic carbocycles. The van der Waals surface area contributed by atoms with E-state index in [1.807, 2.05) is 0 Å². The highest BCUT2D eigenvalue weighted by molar-refractivity contribution is 5.36. The van der Waals surface area contributed by atoms with Crippen LogP contribution >= 0.6 is 0 Å². The van der Waals surface area contributed by atoms with Gasteiger partial charge in [-0.3, -0.25) is 4.68 Å². The third-order valence-electron chi connectivity index (χ3n) is 3.03. The van der Waals surface area contributed by atoms with E-state index in [9.17, 15) is 13.2 Å². The van der Waals surface area contributed by atoms with Crippen LogP contribution in [0.25, 0.3) is 5.82 Å². The summed E-state index contributed by atoms with van der Waals surface area (Å²) in [4.78, 5) is 3.92. The Bertz CT molecular complexity index is 782. The van der Waals surface area contributed by atoms with Gasteiger partial charge >= 0.3 is 0 Å². The first kappa shape index (κ1) is 15.1. The van der Waals surface area contributed by atoms with Crippen LogP contribution in [-0.2, 0) is 13.1 Å². The average Bonchev–Trinajstić information content (AvgIpc) is 3.14. The number of pyridine rings is 1. The molecule has 0 atom stereocenters. The number of halogens is 3. The van der Waals surface area contributed by atoms with E-state index in [4.69, 9.17) is 0 Å². The van der Waals surface area contributed by atoms with Crippen molar-refractivity contribution in [3.05, 3.63) is 54.4 Å². The van der Waals surface area contributed by atoms with Crippen LogP contribution in [0, 0.1) is 5.82 Å². The number of aromatic nitrogens is 5. The Hall–Kier alpha value is -2.84. The summed E-state index contributed by atoms with van der Waals surface area (Å²) in [6, 6.07) is 4.46. The highest BCUT2D eigenvalue weighted by Crippen LogP contribution is 2.12. The number of hydrogen-bond acceptors (Lipinski definition) is 4. The third-order valence-corrected chi connectivity index (χ3v) is 3.03. The lowest BCUT2D eigenvalue weighted by atomic mass is 10.3. The summed E-state index contributed by atoms with van der Waals surface area (Å²) in [6.45, 7) is -0.0709. The number of nitrogens with one attached hydrogen (secondary N) is 1. The van der Waals surface area contributed by atoms with Crippen molar-refractivity contribution in [2.75, 3.05) is 5.32 Å². The molecule has 0 spiro atoms. The molecule has 3 aromatic heterocycles. The maximum Gasteiger partial charge on any atom is 0.257 e. The van der Waals surface area contributed by atoms with E-state index in [0.717, 1.165) is 5.56 Å². The van der Waals surface area contributed by atoms with Gasteiger partial charge in [-0.15, -0.1) is 5.10 Å². The van der Waals surface area contributed by atoms with Gasteiger partial charge < -0.3 is 5.32 Å². The van der Waals surface area contributed by atoms with E-state index in [2.05, 4.69) is 20.5 Å². The molecule has 0 aliphatic rings. The van der Waals surface area contributed by atoms with Gasteiger partial charge in [0, 0.05) is 36.8 Å². The van der Waals surface area contributed by atoms with Crippen molar-refractivity contribution in [2.45, 2.75) is 19.5 Å². The Morgan fingerprint density at radius 1 is 1.26 bits per heavy atom. The molecule has 0 radical (unpaired) electrons. The van der Waals surface area contributed by atoms with E-state index >= 15 is 0 Å². The minimum absolute atomic E-state index is 0.102. The lowest BCUT2D eigenvalue weighted by Gasteiger charge is -2.02. The van der Waals surface area contributed by atoms with Crippen LogP contribution in [0.2, 0.25) is 0 Å². The van der Waals surface area contributed by atoms with Gasteiger partial charge in [-0.05, 0) is 12.1 Å². The molecular formula is C14H13F3N6. The first-order valence-corrected chi connectivity index (χ1v) is 6.82. The van der Waals surface area contributed by atoms with Gasteiger partial charge in [0.2, 0.25) is 0 Å². The summed E-state index contributed by atoms with van der Waals surface area (Å²) in [6.07, 6.45) is 3.65. The summed E-state index contributed by atoms with van der Waals surface area (Å²) in [5.41, 5.74) is 0.740. The minimum atomic E-state index is -2.44. The summed E-state index contributed by atoms with van der Waals surface area (Å²) in [7, 11) is 0. The topological polar surface area (TPSA) is 60.6 Å². The maximum atomic E-state index is 13.6. The van der Waals surface area contributed by atoms with Gasteiger partial charge in [-0.1, -0.05) is 0 Å². The Morgan fingerprint density at radius 2 is 2.13 bits per heavy atom. The van der Waals surface area contributed by atoms with Crippen LogP contribution in [0.3, 0.4) is 0 Å². The summed E-state index contributed by atoms with van der Waals surface area (Å²) in [5, 5.41) is 11.0. The molecule has 23 heavy (non-hydrogen) atoms. The van der Waals surface area contributed by atoms with Crippen molar-refractivity contribution >= 4 is 5.82 Å². The second kappa shape index (κ2) is 6.51. The van der Waals surface area contributed by atoms with Crippen LogP contribution in [-0.4, -0.2) is 31.0 Å². The molecule has 0 bridgehead atoms. The molecule has 3 heterocycles. The molecule has 0 fully saturated rings. The molecule has 9 heteroatoms. The Morgan fingerprint density at radius 3 is 2.91 bits per heavy atom. The monoisotopic (exact) mass is 322 g/mol. The zero-order valence-corrected chi connectivity index (χ0v) is 11.9. The van der Waals surface area contributed by atoms with E-state index < -0.39 is 18.8 Å². The average molecular weight is 322 g/mol. The fourth-order valence-electron chi connectivity index (χ4n) is 2.01. The van der Waals surface area contributed by atoms with Crippen molar-refractivity contribution in [3.8, 4) is 5.82 Å². The van der Waals surface area contributed by atoms with Crippen molar-refractivity contribution in [1.82, 2.24) is 24.5 Å². The quantitative estimate of drug-likeness (QED) is 0.757. The van der Waals surface area contributed by atoms with Crippen LogP contribution in [0.4, 0.5) is 19.0 Å². The van der Waals surface area contributed by atoms with Crippen LogP contribution in [0.1, 0.15) is 5.56 Å². The standard InChI is InChI=1S/C14H13F3N6/c15-11-2-1-4-18-14(11)23-5-3-13(21-23)19-6-10-7-20-22(8-10)9-12(16)17/h1-5,7-8,12H,6,9H2,(H,19,21). The van der Waals surface area contributed by atoms with E-state index in [0.29, 0.717) is 12.4 Å². The number of anilines is 1. The first-order chi connectivity index (χ1) is 11.1. The lowest BCUT2D eigenvalue weighted by molar-refractivity contribution is 0.122. The van der Waals surface area contributed by atoms with Crippen LogP contribution < -0.4 is 5.32 Å². The molecule has 0 aromatic carbocycles. The molecule has 3 rings (SSSR count). The van der Waals surface area contributed by atoms with Gasteiger partial charge in [-0.25, -0.2) is 22.8 Å². The third kappa shape index (κ3) is 3.68. The molecule has 0 amide bonds. The normalized spacial score (nSPS) is 11.1. The zero-order chi connectivity index (χ0) is 16.2. The molecule has 0 saturated heterocycles. The molecule has 1 N–H and O–H groups in total. The van der Waals surface area contributed by atoms with Gasteiger partial charge in [0.25, 0.3) is 6.43 Å². The first-order valence-electron chi connectivity index (χ1n) is 6.82. The van der Waals surface area contributed by atoms with Crippen LogP contribution in [0.15, 0.2) is 43.0 Å². The summed E-state index contributed by atoms with van der Waals surface area (Å²) >= 11 is 0. The van der Waals surface area contributed by atoms with E-state index in [1.165, 1.54) is 40.1 Å². The molecule has 0 saturated carbocycles. The number of hydrogen-bond donors (Lipinski definition) is 1. The number of nitrogens with zero attached hydrogens (tertiary/aromatic N) is 5. The maximum absolute atomic E-state index is 13.6. The second-order valence-corrected chi connectivity index (χ2v) is 4.77. The molecule has 0 aliphatic heterocycles. The van der Waals surface area contributed by atoms with Gasteiger partial charge in [0.05, 0.1) is 6.20 Å². The number of rotatable bonds is 6. The van der Waals surface area contributed by atoms with Gasteiger partial charge in [0.1, 0.15) is 12.4 Å². The van der Waals surface area contributed by atoms with Gasteiger partial charge in [0.15, 0.2) is 11.6 Å². The zero-order valence-electron chi connectivity index (χ0n) is 11.9. The minimum Gasteiger partial charge on any atom is -0.364 e.